The van der Waals surface area contributed by atoms with Crippen molar-refractivity contribution < 1.29 is 38.5 Å². The van der Waals surface area contributed by atoms with Crippen LogP contribution >= 0.6 is 0 Å². The Morgan fingerprint density at radius 2 is 1.17 bits per heavy atom. The third-order valence-corrected chi connectivity index (χ3v) is 8.06. The number of aliphatic carboxylic acids is 1. The molecule has 5 rings (SSSR count). The van der Waals surface area contributed by atoms with Gasteiger partial charge in [0.2, 0.25) is 11.8 Å². The van der Waals surface area contributed by atoms with E-state index in [4.69, 9.17) is 14.2 Å². The molecule has 4 aromatic carbocycles. The molecule has 0 aliphatic heterocycles. The number of amides is 3. The molecule has 0 unspecified atom stereocenters. The molecule has 0 saturated heterocycles. The van der Waals surface area contributed by atoms with E-state index < -0.39 is 42.0 Å². The van der Waals surface area contributed by atoms with Crippen molar-refractivity contribution in [1.82, 2.24) is 25.9 Å². The molecule has 5 N–H and O–H groups in total. The lowest BCUT2D eigenvalue weighted by Gasteiger charge is -2.24. The van der Waals surface area contributed by atoms with E-state index in [1.165, 1.54) is 12.5 Å². The van der Waals surface area contributed by atoms with E-state index in [9.17, 15) is 24.3 Å². The Hall–Kier alpha value is -6.47. The summed E-state index contributed by atoms with van der Waals surface area (Å²) in [6.07, 6.45) is 2.09. The summed E-state index contributed by atoms with van der Waals surface area (Å²) in [4.78, 5) is 59.6. The van der Waals surface area contributed by atoms with Gasteiger partial charge in [0.15, 0.2) is 6.04 Å². The molecule has 13 heteroatoms. The fourth-order valence-corrected chi connectivity index (χ4v) is 5.23. The third-order valence-electron chi connectivity index (χ3n) is 8.06. The number of rotatable bonds is 19. The van der Waals surface area contributed by atoms with Crippen LogP contribution in [0.2, 0.25) is 0 Å². The average Bonchev–Trinajstić information content (AvgIpc) is 3.70. The van der Waals surface area contributed by atoms with Gasteiger partial charge in [-0.15, -0.1) is 0 Å². The van der Waals surface area contributed by atoms with Crippen LogP contribution in [0, 0.1) is 0 Å². The Morgan fingerprint density at radius 3 is 1.74 bits per heavy atom. The number of carbonyl (C=O) groups is 4. The second kappa shape index (κ2) is 19.8. The fraction of sp³-hybridized carbons (Fsp3) is 0.225. The summed E-state index contributed by atoms with van der Waals surface area (Å²) in [5, 5.41) is 17.8. The van der Waals surface area contributed by atoms with E-state index >= 15 is 0 Å². The van der Waals surface area contributed by atoms with Crippen LogP contribution in [0.1, 0.15) is 27.9 Å². The highest BCUT2D eigenvalue weighted by atomic mass is 16.5. The lowest BCUT2D eigenvalue weighted by Crippen LogP contribution is -2.57. The Labute approximate surface area is 306 Å². The van der Waals surface area contributed by atoms with Crippen molar-refractivity contribution in [3.63, 3.8) is 0 Å². The van der Waals surface area contributed by atoms with Gasteiger partial charge in [-0.2, -0.15) is 0 Å². The molecule has 0 spiro atoms. The molecular formula is C40H41N5O8. The molecule has 0 aliphatic carbocycles. The van der Waals surface area contributed by atoms with Crippen LogP contribution in [0.25, 0.3) is 0 Å². The van der Waals surface area contributed by atoms with E-state index in [1.807, 2.05) is 78.9 Å². The zero-order valence-electron chi connectivity index (χ0n) is 28.9. The Bertz CT molecular complexity index is 1880. The molecule has 1 heterocycles. The zero-order chi connectivity index (χ0) is 37.3. The SMILES string of the molecule is O=C(N[C@H](Cc1cnc[nH]1)C(=O)N[C@@H](Cc1ccc(OCc2ccccc2)cc1)C(=O)N[C@@H](COCc1ccccc1)C(=O)O)OCc1ccccc1. The number of carbonyl (C=O) groups excluding carboxylic acids is 3. The number of nitrogens with one attached hydrogen (secondary N) is 4. The lowest BCUT2D eigenvalue weighted by atomic mass is 10.0. The maximum atomic E-state index is 13.9. The number of benzene rings is 4. The van der Waals surface area contributed by atoms with Crippen molar-refractivity contribution >= 4 is 23.9 Å². The average molecular weight is 720 g/mol. The van der Waals surface area contributed by atoms with Crippen LogP contribution in [-0.2, 0) is 56.5 Å². The van der Waals surface area contributed by atoms with E-state index in [2.05, 4.69) is 25.9 Å². The molecule has 274 valence electrons. The van der Waals surface area contributed by atoms with E-state index in [0.29, 0.717) is 23.6 Å². The first-order chi connectivity index (χ1) is 25.8. The highest BCUT2D eigenvalue weighted by Gasteiger charge is 2.31. The van der Waals surface area contributed by atoms with Gasteiger partial charge < -0.3 is 40.3 Å². The van der Waals surface area contributed by atoms with Gasteiger partial charge in [-0.05, 0) is 34.4 Å². The summed E-state index contributed by atoms with van der Waals surface area (Å²) < 4.78 is 16.9. The smallest absolute Gasteiger partial charge is 0.408 e. The van der Waals surface area contributed by atoms with Crippen molar-refractivity contribution in [3.8, 4) is 5.75 Å². The van der Waals surface area contributed by atoms with Crippen molar-refractivity contribution in [2.45, 2.75) is 50.8 Å². The van der Waals surface area contributed by atoms with Gasteiger partial charge in [0.1, 0.15) is 31.0 Å². The monoisotopic (exact) mass is 719 g/mol. The van der Waals surface area contributed by atoms with Gasteiger partial charge in [-0.3, -0.25) is 9.59 Å². The minimum Gasteiger partial charge on any atom is -0.489 e. The fourth-order valence-electron chi connectivity index (χ4n) is 5.23. The molecule has 3 atom stereocenters. The summed E-state index contributed by atoms with van der Waals surface area (Å²) in [6.45, 7) is 0.161. The number of aromatic amines is 1. The van der Waals surface area contributed by atoms with Crippen LogP contribution in [0.4, 0.5) is 4.79 Å². The molecule has 0 radical (unpaired) electrons. The first-order valence-corrected chi connectivity index (χ1v) is 17.0. The van der Waals surface area contributed by atoms with Crippen molar-refractivity contribution in [3.05, 3.63) is 156 Å². The van der Waals surface area contributed by atoms with Crippen LogP contribution in [0.5, 0.6) is 5.75 Å². The number of aromatic nitrogens is 2. The molecule has 5 aromatic rings. The molecular weight excluding hydrogens is 678 g/mol. The molecule has 1 aromatic heterocycles. The molecule has 3 amide bonds. The maximum Gasteiger partial charge on any atom is 0.408 e. The van der Waals surface area contributed by atoms with Crippen molar-refractivity contribution in [1.29, 1.82) is 0 Å². The van der Waals surface area contributed by atoms with Gasteiger partial charge in [0, 0.05) is 24.7 Å². The summed E-state index contributed by atoms with van der Waals surface area (Å²) in [5.41, 5.74) is 3.79. The maximum absolute atomic E-state index is 13.9. The van der Waals surface area contributed by atoms with Crippen LogP contribution in [0.15, 0.2) is 128 Å². The van der Waals surface area contributed by atoms with Gasteiger partial charge in [0.05, 0.1) is 19.5 Å². The lowest BCUT2D eigenvalue weighted by molar-refractivity contribution is -0.144. The van der Waals surface area contributed by atoms with Gasteiger partial charge in [-0.25, -0.2) is 14.6 Å². The van der Waals surface area contributed by atoms with Gasteiger partial charge >= 0.3 is 12.1 Å². The zero-order valence-corrected chi connectivity index (χ0v) is 28.9. The number of alkyl carbamates (subject to hydrolysis) is 1. The number of carboxylic acids is 1. The number of carboxylic acid groups (broad SMARTS) is 1. The number of hydrogen-bond donors (Lipinski definition) is 5. The van der Waals surface area contributed by atoms with Crippen LogP contribution in [-0.4, -0.2) is 63.7 Å². The number of hydrogen-bond acceptors (Lipinski definition) is 8. The van der Waals surface area contributed by atoms with E-state index in [1.54, 1.807) is 36.4 Å². The van der Waals surface area contributed by atoms with Crippen molar-refractivity contribution in [2.24, 2.45) is 0 Å². The largest absolute Gasteiger partial charge is 0.489 e. The van der Waals surface area contributed by atoms with Crippen molar-refractivity contribution in [2.75, 3.05) is 6.61 Å². The molecule has 0 bridgehead atoms. The van der Waals surface area contributed by atoms with E-state index in [-0.39, 0.29) is 32.7 Å². The minimum atomic E-state index is -1.41. The molecule has 0 fully saturated rings. The summed E-state index contributed by atoms with van der Waals surface area (Å²) in [5.74, 6) is -2.17. The highest BCUT2D eigenvalue weighted by Crippen LogP contribution is 2.16. The number of H-pyrrole nitrogens is 1. The quantitative estimate of drug-likeness (QED) is 0.0830. The highest BCUT2D eigenvalue weighted by molar-refractivity contribution is 5.93. The van der Waals surface area contributed by atoms with Gasteiger partial charge in [0.25, 0.3) is 0 Å². The molecule has 0 aliphatic rings. The molecule has 13 nitrogen and oxygen atoms in total. The first-order valence-electron chi connectivity index (χ1n) is 17.0. The molecule has 53 heavy (non-hydrogen) atoms. The van der Waals surface area contributed by atoms with E-state index in [0.717, 1.165) is 16.7 Å². The molecule has 0 saturated carbocycles. The third kappa shape index (κ3) is 12.7. The first kappa shape index (κ1) is 37.8. The summed E-state index contributed by atoms with van der Waals surface area (Å²) in [6, 6.07) is 31.1. The van der Waals surface area contributed by atoms with Crippen LogP contribution < -0.4 is 20.7 Å². The second-order valence-electron chi connectivity index (χ2n) is 12.1. The Morgan fingerprint density at radius 1 is 0.623 bits per heavy atom. The summed E-state index contributed by atoms with van der Waals surface area (Å²) in [7, 11) is 0. The second-order valence-corrected chi connectivity index (χ2v) is 12.1. The minimum absolute atomic E-state index is 0.000857. The normalized spacial score (nSPS) is 12.5. The van der Waals surface area contributed by atoms with Crippen LogP contribution in [0.3, 0.4) is 0 Å². The number of nitrogens with zero attached hydrogens (tertiary/aromatic N) is 1. The Balaban J connectivity index is 1.29. The predicted molar refractivity (Wildman–Crippen MR) is 194 cm³/mol. The predicted octanol–water partition coefficient (Wildman–Crippen LogP) is 4.34. The van der Waals surface area contributed by atoms with Gasteiger partial charge in [-0.1, -0.05) is 103 Å². The topological polar surface area (TPSA) is 181 Å². The number of ether oxygens (including phenoxy) is 3. The standard InChI is InChI=1S/C40H41N5O8/c46-37(44-36(39(48)49)26-51-23-29-10-4-1-5-11-29)34(20-28-16-18-33(19-17-28)52-24-30-12-6-2-7-13-30)43-38(47)35(21-32-22-41-27-42-32)45-40(50)53-25-31-14-8-3-9-15-31/h1-19,22,27,34-36H,20-21,23-26H2,(H,41,42)(H,43,47)(H,44,46)(H,45,50)(H,48,49)/t34-,35+,36-/m0/s1. The Kier molecular flexibility index (Phi) is 14.1. The number of imidazole rings is 1. The summed E-state index contributed by atoms with van der Waals surface area (Å²) >= 11 is 0.